The summed E-state index contributed by atoms with van der Waals surface area (Å²) < 4.78 is 22.6. The molecule has 1 atom stereocenters. The highest BCUT2D eigenvalue weighted by molar-refractivity contribution is 6.32. The van der Waals surface area contributed by atoms with E-state index in [4.69, 9.17) is 30.2 Å². The highest BCUT2D eigenvalue weighted by Gasteiger charge is 2.42. The fourth-order valence-corrected chi connectivity index (χ4v) is 5.11. The molecule has 0 radical (unpaired) electrons. The number of fused-ring (bicyclic) bond motifs is 2. The van der Waals surface area contributed by atoms with E-state index in [1.165, 1.54) is 0 Å². The maximum Gasteiger partial charge on any atom is 0.290 e. The number of carbonyl (C=O) groups excluding carboxylic acids is 1. The van der Waals surface area contributed by atoms with Gasteiger partial charge in [0.2, 0.25) is 5.76 Å². The average molecular weight is 534 g/mol. The lowest BCUT2D eigenvalue weighted by molar-refractivity contribution is 0.0729. The van der Waals surface area contributed by atoms with Crippen LogP contribution in [0.1, 0.15) is 45.8 Å². The van der Waals surface area contributed by atoms with Crippen LogP contribution >= 0.6 is 11.6 Å². The van der Waals surface area contributed by atoms with E-state index in [0.717, 1.165) is 16.7 Å². The van der Waals surface area contributed by atoms with E-state index in [1.807, 2.05) is 56.3 Å². The third kappa shape index (κ3) is 4.47. The smallest absolute Gasteiger partial charge is 0.290 e. The standard InChI is InChI=1S/C30H28ClNO6/c1-5-37-20-8-6-7-19(15-20)27-26-28(33)21-16-22(31)17(2)13-24(21)38-29(26)30(34)32(27)12-11-18-9-10-23(35-3)25(14-18)36-4/h6-10,13-16,27H,5,11-12H2,1-4H3. The van der Waals surface area contributed by atoms with Crippen LogP contribution in [-0.4, -0.2) is 38.2 Å². The van der Waals surface area contributed by atoms with Gasteiger partial charge in [0.25, 0.3) is 5.91 Å². The summed E-state index contributed by atoms with van der Waals surface area (Å²) in [5.41, 5.74) is 2.87. The molecule has 0 fully saturated rings. The second kappa shape index (κ2) is 10.4. The molecule has 1 unspecified atom stereocenters. The van der Waals surface area contributed by atoms with Gasteiger partial charge in [-0.1, -0.05) is 29.8 Å². The van der Waals surface area contributed by atoms with Crippen molar-refractivity contribution in [3.8, 4) is 17.2 Å². The Bertz CT molecular complexity index is 1590. The van der Waals surface area contributed by atoms with Crippen molar-refractivity contribution in [2.75, 3.05) is 27.4 Å². The molecule has 5 rings (SSSR count). The van der Waals surface area contributed by atoms with E-state index in [0.29, 0.717) is 58.4 Å². The Morgan fingerprint density at radius 3 is 2.53 bits per heavy atom. The number of methoxy groups -OCH3 is 2. The van der Waals surface area contributed by atoms with Crippen molar-refractivity contribution >= 4 is 28.5 Å². The highest BCUT2D eigenvalue weighted by atomic mass is 35.5. The van der Waals surface area contributed by atoms with Crippen LogP contribution < -0.4 is 19.6 Å². The first-order valence-corrected chi connectivity index (χ1v) is 12.8. The van der Waals surface area contributed by atoms with Crippen molar-refractivity contribution < 1.29 is 23.4 Å². The molecule has 1 amide bonds. The molecule has 4 aromatic rings. The molecule has 7 nitrogen and oxygen atoms in total. The Hall–Kier alpha value is -3.97. The van der Waals surface area contributed by atoms with E-state index >= 15 is 0 Å². The molecule has 1 aliphatic rings. The van der Waals surface area contributed by atoms with E-state index in [-0.39, 0.29) is 17.1 Å². The van der Waals surface area contributed by atoms with Gasteiger partial charge in [0.1, 0.15) is 11.3 Å². The molecule has 3 aromatic carbocycles. The Labute approximate surface area is 225 Å². The number of rotatable bonds is 8. The van der Waals surface area contributed by atoms with Crippen molar-refractivity contribution in [1.82, 2.24) is 4.90 Å². The number of hydrogen-bond donors (Lipinski definition) is 0. The number of carbonyl (C=O) groups is 1. The predicted octanol–water partition coefficient (Wildman–Crippen LogP) is 5.96. The number of hydrogen-bond acceptors (Lipinski definition) is 6. The van der Waals surface area contributed by atoms with Crippen LogP contribution in [0.2, 0.25) is 5.02 Å². The van der Waals surface area contributed by atoms with Crippen molar-refractivity contribution in [2.24, 2.45) is 0 Å². The van der Waals surface area contributed by atoms with Gasteiger partial charge in [-0.2, -0.15) is 0 Å². The largest absolute Gasteiger partial charge is 0.494 e. The fourth-order valence-electron chi connectivity index (χ4n) is 4.94. The minimum absolute atomic E-state index is 0.0587. The molecule has 0 N–H and O–H groups in total. The van der Waals surface area contributed by atoms with Crippen LogP contribution in [-0.2, 0) is 6.42 Å². The van der Waals surface area contributed by atoms with Crippen LogP contribution in [0.5, 0.6) is 17.2 Å². The van der Waals surface area contributed by atoms with Gasteiger partial charge in [0.05, 0.1) is 37.8 Å². The number of benzene rings is 3. The Kier molecular flexibility index (Phi) is 7.04. The first-order chi connectivity index (χ1) is 18.4. The summed E-state index contributed by atoms with van der Waals surface area (Å²) in [4.78, 5) is 29.3. The lowest BCUT2D eigenvalue weighted by atomic mass is 9.97. The minimum atomic E-state index is -0.640. The monoisotopic (exact) mass is 533 g/mol. The van der Waals surface area contributed by atoms with Crippen molar-refractivity contribution in [3.05, 3.63) is 97.9 Å². The number of amides is 1. The van der Waals surface area contributed by atoms with Crippen LogP contribution in [0.15, 0.2) is 63.8 Å². The van der Waals surface area contributed by atoms with E-state index in [9.17, 15) is 9.59 Å². The maximum absolute atomic E-state index is 13.8. The molecule has 8 heteroatoms. The Morgan fingerprint density at radius 2 is 1.79 bits per heavy atom. The van der Waals surface area contributed by atoms with Gasteiger partial charge in [0.15, 0.2) is 16.9 Å². The lowest BCUT2D eigenvalue weighted by Gasteiger charge is -2.25. The predicted molar refractivity (Wildman–Crippen MR) is 146 cm³/mol. The van der Waals surface area contributed by atoms with Gasteiger partial charge in [-0.05, 0) is 73.4 Å². The number of halogens is 1. The van der Waals surface area contributed by atoms with E-state index < -0.39 is 6.04 Å². The number of nitrogens with zero attached hydrogens (tertiary/aromatic N) is 1. The van der Waals surface area contributed by atoms with Gasteiger partial charge < -0.3 is 23.5 Å². The van der Waals surface area contributed by atoms with Crippen LogP contribution in [0.4, 0.5) is 0 Å². The normalized spacial score (nSPS) is 14.6. The topological polar surface area (TPSA) is 78.2 Å². The molecule has 1 aromatic heterocycles. The fraction of sp³-hybridized carbons (Fsp3) is 0.267. The average Bonchev–Trinajstić information content (AvgIpc) is 3.20. The maximum atomic E-state index is 13.8. The molecule has 38 heavy (non-hydrogen) atoms. The zero-order valence-corrected chi connectivity index (χ0v) is 22.4. The third-order valence-corrected chi connectivity index (χ3v) is 7.23. The summed E-state index contributed by atoms with van der Waals surface area (Å²) in [5.74, 6) is 1.62. The second-order valence-corrected chi connectivity index (χ2v) is 9.52. The van der Waals surface area contributed by atoms with Gasteiger partial charge in [-0.25, -0.2) is 0 Å². The van der Waals surface area contributed by atoms with Crippen molar-refractivity contribution in [1.29, 1.82) is 0 Å². The molecule has 0 spiro atoms. The zero-order chi connectivity index (χ0) is 27.0. The van der Waals surface area contributed by atoms with Crippen LogP contribution in [0.25, 0.3) is 11.0 Å². The molecule has 0 saturated heterocycles. The molecule has 196 valence electrons. The SMILES string of the molecule is CCOc1cccc(C2c3c(oc4cc(C)c(Cl)cc4c3=O)C(=O)N2CCc2ccc(OC)c(OC)c2)c1. The molecule has 0 bridgehead atoms. The lowest BCUT2D eigenvalue weighted by Crippen LogP contribution is -2.31. The van der Waals surface area contributed by atoms with Gasteiger partial charge >= 0.3 is 0 Å². The summed E-state index contributed by atoms with van der Waals surface area (Å²) in [5, 5.41) is 0.814. The first kappa shape index (κ1) is 25.7. The van der Waals surface area contributed by atoms with Crippen LogP contribution in [0, 0.1) is 6.92 Å². The summed E-state index contributed by atoms with van der Waals surface area (Å²) in [6, 6.07) is 15.8. The number of ether oxygens (including phenoxy) is 3. The van der Waals surface area contributed by atoms with Gasteiger partial charge in [-0.3, -0.25) is 9.59 Å². The van der Waals surface area contributed by atoms with Gasteiger partial charge in [-0.15, -0.1) is 0 Å². The molecule has 0 aliphatic carbocycles. The van der Waals surface area contributed by atoms with Crippen molar-refractivity contribution in [2.45, 2.75) is 26.3 Å². The third-order valence-electron chi connectivity index (χ3n) is 6.82. The van der Waals surface area contributed by atoms with E-state index in [1.54, 1.807) is 31.3 Å². The summed E-state index contributed by atoms with van der Waals surface area (Å²) >= 11 is 6.35. The molecule has 2 heterocycles. The molecular formula is C30H28ClNO6. The number of aryl methyl sites for hydroxylation is 1. The minimum Gasteiger partial charge on any atom is -0.494 e. The Morgan fingerprint density at radius 1 is 1.00 bits per heavy atom. The Balaban J connectivity index is 1.61. The molecular weight excluding hydrogens is 506 g/mol. The molecule has 0 saturated carbocycles. The zero-order valence-electron chi connectivity index (χ0n) is 21.7. The first-order valence-electron chi connectivity index (χ1n) is 12.4. The van der Waals surface area contributed by atoms with Gasteiger partial charge in [0, 0.05) is 11.6 Å². The summed E-state index contributed by atoms with van der Waals surface area (Å²) in [6.07, 6.45) is 0.528. The second-order valence-electron chi connectivity index (χ2n) is 9.12. The van der Waals surface area contributed by atoms with Crippen LogP contribution in [0.3, 0.4) is 0 Å². The quantitative estimate of drug-likeness (QED) is 0.278. The molecule has 1 aliphatic heterocycles. The van der Waals surface area contributed by atoms with Crippen molar-refractivity contribution in [3.63, 3.8) is 0 Å². The summed E-state index contributed by atoms with van der Waals surface area (Å²) in [6.45, 7) is 4.58. The highest BCUT2D eigenvalue weighted by Crippen LogP contribution is 2.40. The summed E-state index contributed by atoms with van der Waals surface area (Å²) in [7, 11) is 3.17. The van der Waals surface area contributed by atoms with E-state index in [2.05, 4.69) is 0 Å².